The number of likely N-dealkylation sites (N-methyl/N-ethyl adjacent to an activating group) is 2. The van der Waals surface area contributed by atoms with Crippen LogP contribution in [0.1, 0.15) is 4.88 Å². The van der Waals surface area contributed by atoms with Gasteiger partial charge in [0.15, 0.2) is 5.96 Å². The second-order valence-electron chi connectivity index (χ2n) is 6.27. The van der Waals surface area contributed by atoms with Crippen LogP contribution in [0.15, 0.2) is 52.8 Å². The Labute approximate surface area is 165 Å². The van der Waals surface area contributed by atoms with Crippen LogP contribution in [-0.2, 0) is 11.2 Å². The molecule has 0 saturated carbocycles. The monoisotopic (exact) mass is 388 g/mol. The number of guanidine groups is 1. The summed E-state index contributed by atoms with van der Waals surface area (Å²) in [4.78, 5) is 21.2. The van der Waals surface area contributed by atoms with Gasteiger partial charge in [0.1, 0.15) is 18.9 Å². The zero-order valence-corrected chi connectivity index (χ0v) is 17.0. The number of carbonyl (C=O) groups excluding carboxylic acids is 1. The molecule has 0 saturated heterocycles. The van der Waals surface area contributed by atoms with E-state index in [1.54, 1.807) is 30.3 Å². The largest absolute Gasteiger partial charge is 0.492 e. The van der Waals surface area contributed by atoms with Gasteiger partial charge < -0.3 is 19.9 Å². The van der Waals surface area contributed by atoms with Crippen molar-refractivity contribution in [2.75, 3.05) is 47.4 Å². The lowest BCUT2D eigenvalue weighted by Crippen LogP contribution is -2.42. The van der Waals surface area contributed by atoms with Crippen LogP contribution in [0.4, 0.5) is 0 Å². The molecule has 0 bridgehead atoms. The number of nitrogens with zero attached hydrogens (tertiary/aromatic N) is 3. The molecule has 1 amide bonds. The second kappa shape index (κ2) is 11.2. The summed E-state index contributed by atoms with van der Waals surface area (Å²) in [5.74, 6) is 1.53. The van der Waals surface area contributed by atoms with E-state index in [1.165, 1.54) is 4.88 Å². The van der Waals surface area contributed by atoms with E-state index in [4.69, 9.17) is 4.74 Å². The maximum atomic E-state index is 11.9. The maximum absolute atomic E-state index is 11.9. The molecular formula is C20H28N4O2S. The van der Waals surface area contributed by atoms with Gasteiger partial charge in [-0.05, 0) is 30.0 Å². The lowest BCUT2D eigenvalue weighted by molar-refractivity contribution is -0.127. The molecule has 1 aromatic carbocycles. The number of amides is 1. The molecule has 1 heterocycles. The number of hydrogen-bond acceptors (Lipinski definition) is 4. The zero-order valence-electron chi connectivity index (χ0n) is 16.2. The Morgan fingerprint density at radius 1 is 1.15 bits per heavy atom. The number of hydrogen-bond donors (Lipinski definition) is 1. The summed E-state index contributed by atoms with van der Waals surface area (Å²) in [5.41, 5.74) is 0. The van der Waals surface area contributed by atoms with Crippen molar-refractivity contribution in [3.8, 4) is 5.75 Å². The van der Waals surface area contributed by atoms with Gasteiger partial charge in [-0.2, -0.15) is 0 Å². The first kappa shape index (κ1) is 20.8. The maximum Gasteiger partial charge on any atom is 0.243 e. The van der Waals surface area contributed by atoms with Crippen LogP contribution in [0.5, 0.6) is 5.75 Å². The third kappa shape index (κ3) is 7.70. The second-order valence-corrected chi connectivity index (χ2v) is 7.30. The van der Waals surface area contributed by atoms with Crippen molar-refractivity contribution >= 4 is 23.2 Å². The fraction of sp³-hybridized carbons (Fsp3) is 0.400. The van der Waals surface area contributed by atoms with Crippen molar-refractivity contribution in [1.29, 1.82) is 0 Å². The normalized spacial score (nSPS) is 11.1. The minimum absolute atomic E-state index is 0.0264. The predicted molar refractivity (Wildman–Crippen MR) is 112 cm³/mol. The molecule has 0 aliphatic rings. The van der Waals surface area contributed by atoms with Gasteiger partial charge in [0, 0.05) is 32.6 Å². The lowest BCUT2D eigenvalue weighted by Gasteiger charge is -2.23. The van der Waals surface area contributed by atoms with E-state index in [0.717, 1.165) is 18.7 Å². The van der Waals surface area contributed by atoms with E-state index in [-0.39, 0.29) is 12.5 Å². The molecule has 0 aliphatic heterocycles. The third-order valence-corrected chi connectivity index (χ3v) is 4.83. The average Bonchev–Trinajstić information content (AvgIpc) is 3.18. The first-order valence-corrected chi connectivity index (χ1v) is 9.84. The van der Waals surface area contributed by atoms with Gasteiger partial charge in [-0.15, -0.1) is 11.3 Å². The molecule has 6 nitrogen and oxygen atoms in total. The van der Waals surface area contributed by atoms with Crippen LogP contribution in [0.3, 0.4) is 0 Å². The SMILES string of the molecule is CN(C)C(=O)CN=C(NCCc1cccs1)N(C)CCOc1ccccc1. The van der Waals surface area contributed by atoms with E-state index in [9.17, 15) is 4.79 Å². The third-order valence-electron chi connectivity index (χ3n) is 3.90. The molecule has 0 radical (unpaired) electrons. The molecular weight excluding hydrogens is 360 g/mol. The van der Waals surface area contributed by atoms with Gasteiger partial charge >= 0.3 is 0 Å². The van der Waals surface area contributed by atoms with E-state index in [2.05, 4.69) is 27.8 Å². The van der Waals surface area contributed by atoms with Crippen molar-refractivity contribution in [2.45, 2.75) is 6.42 Å². The fourth-order valence-corrected chi connectivity index (χ4v) is 2.98. The summed E-state index contributed by atoms with van der Waals surface area (Å²) in [5, 5.41) is 5.43. The topological polar surface area (TPSA) is 57.2 Å². The molecule has 0 fully saturated rings. The van der Waals surface area contributed by atoms with Crippen molar-refractivity contribution in [3.63, 3.8) is 0 Å². The molecule has 0 aliphatic carbocycles. The molecule has 0 spiro atoms. The van der Waals surface area contributed by atoms with Gasteiger partial charge in [-0.1, -0.05) is 24.3 Å². The number of para-hydroxylation sites is 1. The average molecular weight is 389 g/mol. The molecule has 7 heteroatoms. The Morgan fingerprint density at radius 2 is 1.93 bits per heavy atom. The standard InChI is InChI=1S/C20H28N4O2S/c1-23(2)19(25)16-22-20(21-12-11-18-10-7-15-27-18)24(3)13-14-26-17-8-5-4-6-9-17/h4-10,15H,11-14,16H2,1-3H3,(H,21,22). The lowest BCUT2D eigenvalue weighted by atomic mass is 10.3. The minimum Gasteiger partial charge on any atom is -0.492 e. The molecule has 146 valence electrons. The summed E-state index contributed by atoms with van der Waals surface area (Å²) in [6.45, 7) is 2.08. The Kier molecular flexibility index (Phi) is 8.64. The van der Waals surface area contributed by atoms with E-state index < -0.39 is 0 Å². The minimum atomic E-state index is -0.0264. The Hall–Kier alpha value is -2.54. The quantitative estimate of drug-likeness (QED) is 0.529. The number of ether oxygens (including phenoxy) is 1. The van der Waals surface area contributed by atoms with Crippen LogP contribution in [0, 0.1) is 0 Å². The first-order valence-electron chi connectivity index (χ1n) is 8.96. The van der Waals surface area contributed by atoms with Crippen molar-refractivity contribution in [3.05, 3.63) is 52.7 Å². The van der Waals surface area contributed by atoms with E-state index in [0.29, 0.717) is 19.1 Å². The smallest absolute Gasteiger partial charge is 0.243 e. The summed E-state index contributed by atoms with van der Waals surface area (Å²) in [6, 6.07) is 13.9. The first-order chi connectivity index (χ1) is 13.1. The van der Waals surface area contributed by atoms with Crippen LogP contribution < -0.4 is 10.1 Å². The number of aliphatic imine (C=N–C) groups is 1. The van der Waals surface area contributed by atoms with Gasteiger partial charge in [-0.25, -0.2) is 4.99 Å². The highest BCUT2D eigenvalue weighted by atomic mass is 32.1. The van der Waals surface area contributed by atoms with E-state index >= 15 is 0 Å². The van der Waals surface area contributed by atoms with Crippen molar-refractivity contribution in [1.82, 2.24) is 15.1 Å². The van der Waals surface area contributed by atoms with Crippen molar-refractivity contribution < 1.29 is 9.53 Å². The molecule has 2 rings (SSSR count). The van der Waals surface area contributed by atoms with Crippen LogP contribution in [-0.4, -0.2) is 69.1 Å². The number of benzene rings is 1. The highest BCUT2D eigenvalue weighted by Gasteiger charge is 2.09. The molecule has 1 N–H and O–H groups in total. The van der Waals surface area contributed by atoms with Gasteiger partial charge in [-0.3, -0.25) is 4.79 Å². The van der Waals surface area contributed by atoms with Crippen molar-refractivity contribution in [2.24, 2.45) is 4.99 Å². The van der Waals surface area contributed by atoms with Gasteiger partial charge in [0.25, 0.3) is 0 Å². The highest BCUT2D eigenvalue weighted by molar-refractivity contribution is 7.09. The highest BCUT2D eigenvalue weighted by Crippen LogP contribution is 2.09. The molecule has 2 aromatic rings. The Morgan fingerprint density at radius 3 is 2.59 bits per heavy atom. The molecule has 27 heavy (non-hydrogen) atoms. The Balaban J connectivity index is 1.87. The van der Waals surface area contributed by atoms with Gasteiger partial charge in [0.05, 0.1) is 6.54 Å². The number of carbonyl (C=O) groups is 1. The van der Waals surface area contributed by atoms with Gasteiger partial charge in [0.2, 0.25) is 5.91 Å². The molecule has 0 atom stereocenters. The summed E-state index contributed by atoms with van der Waals surface area (Å²) < 4.78 is 5.76. The van der Waals surface area contributed by atoms with Crippen LogP contribution in [0.25, 0.3) is 0 Å². The summed E-state index contributed by atoms with van der Waals surface area (Å²) >= 11 is 1.74. The number of thiophene rings is 1. The zero-order chi connectivity index (χ0) is 19.5. The fourth-order valence-electron chi connectivity index (χ4n) is 2.27. The Bertz CT molecular complexity index is 702. The van der Waals surface area contributed by atoms with Crippen LogP contribution in [0.2, 0.25) is 0 Å². The summed E-state index contributed by atoms with van der Waals surface area (Å²) in [7, 11) is 5.42. The predicted octanol–water partition coefficient (Wildman–Crippen LogP) is 2.34. The summed E-state index contributed by atoms with van der Waals surface area (Å²) in [6.07, 6.45) is 0.923. The van der Waals surface area contributed by atoms with Crippen LogP contribution >= 0.6 is 11.3 Å². The molecule has 1 aromatic heterocycles. The number of nitrogens with one attached hydrogen (secondary N) is 1. The number of rotatable bonds is 9. The molecule has 0 unspecified atom stereocenters. The van der Waals surface area contributed by atoms with E-state index in [1.807, 2.05) is 42.3 Å².